The van der Waals surface area contributed by atoms with Gasteiger partial charge in [-0.15, -0.1) is 0 Å². The molecule has 0 spiro atoms. The molecule has 2 aromatic heterocycles. The highest BCUT2D eigenvalue weighted by molar-refractivity contribution is 5.35. The van der Waals surface area contributed by atoms with Gasteiger partial charge < -0.3 is 22.1 Å². The fourth-order valence-corrected chi connectivity index (χ4v) is 6.40. The number of nitrogens with two attached hydrogens (primary N) is 2. The van der Waals surface area contributed by atoms with Gasteiger partial charge in [0.05, 0.1) is 0 Å². The topological polar surface area (TPSA) is 153 Å². The highest BCUT2D eigenvalue weighted by atomic mass is 19.4. The van der Waals surface area contributed by atoms with Crippen LogP contribution in [0.25, 0.3) is 0 Å². The van der Waals surface area contributed by atoms with Gasteiger partial charge in [-0.25, -0.2) is 13.2 Å². The van der Waals surface area contributed by atoms with Crippen molar-refractivity contribution in [2.45, 2.75) is 82.7 Å². The smallest absolute Gasteiger partial charge is 0.368 e. The van der Waals surface area contributed by atoms with Crippen LogP contribution in [0.3, 0.4) is 0 Å². The second kappa shape index (κ2) is 15.6. The van der Waals surface area contributed by atoms with Crippen LogP contribution in [0.4, 0.5) is 50.1 Å². The van der Waals surface area contributed by atoms with Crippen molar-refractivity contribution in [3.05, 3.63) is 82.9 Å². The van der Waals surface area contributed by atoms with E-state index in [-0.39, 0.29) is 59.2 Å². The maximum atomic E-state index is 13.9. The fraction of sp³-hybridized carbons (Fsp3) is 0.455. The lowest BCUT2D eigenvalue weighted by Gasteiger charge is -2.21. The molecule has 262 valence electrons. The molecule has 5 unspecified atom stereocenters. The minimum atomic E-state index is -4.70. The molecule has 2 aromatic carbocycles. The molecule has 0 saturated heterocycles. The van der Waals surface area contributed by atoms with E-state index < -0.39 is 24.1 Å². The molecule has 49 heavy (non-hydrogen) atoms. The van der Waals surface area contributed by atoms with Gasteiger partial charge >= 0.3 is 6.18 Å². The zero-order valence-electron chi connectivity index (χ0n) is 26.8. The van der Waals surface area contributed by atoms with Crippen molar-refractivity contribution >= 4 is 23.8 Å². The van der Waals surface area contributed by atoms with Gasteiger partial charge in [0.15, 0.2) is 12.0 Å². The van der Waals surface area contributed by atoms with Crippen LogP contribution < -0.4 is 22.1 Å². The van der Waals surface area contributed by atoms with Gasteiger partial charge in [0.2, 0.25) is 29.6 Å². The Morgan fingerprint density at radius 2 is 1.16 bits per heavy atom. The van der Waals surface area contributed by atoms with E-state index in [2.05, 4.69) is 40.5 Å². The maximum Gasteiger partial charge on any atom is 0.451 e. The minimum Gasteiger partial charge on any atom is -0.368 e. The van der Waals surface area contributed by atoms with E-state index >= 15 is 0 Å². The van der Waals surface area contributed by atoms with Crippen molar-refractivity contribution < 1.29 is 26.3 Å². The lowest BCUT2D eigenvalue weighted by atomic mass is 9.94. The van der Waals surface area contributed by atoms with Crippen LogP contribution in [0, 0.1) is 23.5 Å². The van der Waals surface area contributed by atoms with E-state index in [1.165, 1.54) is 19.1 Å². The number of rotatable bonds is 9. The molecule has 0 aliphatic heterocycles. The fourth-order valence-electron chi connectivity index (χ4n) is 6.40. The predicted octanol–water partition coefficient (Wildman–Crippen LogP) is 6.88. The van der Waals surface area contributed by atoms with E-state index in [0.29, 0.717) is 24.0 Å². The van der Waals surface area contributed by atoms with Gasteiger partial charge in [0.1, 0.15) is 11.6 Å². The standard InChI is InChI=1S/C17H21F2N5.C16H17F4N5/c1-10(18)15-22-16(20)24-17(23-15)21-14-8-4-6-12(14)9-11-5-2-3-7-13(11)19;17-11-6-2-1-4-9(11)8-10-5-3-7-12(10)22-15-24-13(16(18,19)20)23-14(21)25-15/h2-3,5,7,10,12,14H,4,6,8-9H2,1H3,(H3,20,21,22,23,24);1-2,4,6,10,12H,3,5,7-8H2,(H3,21,22,23,24,25). The van der Waals surface area contributed by atoms with Crippen LogP contribution >= 0.6 is 0 Å². The quantitative estimate of drug-likeness (QED) is 0.137. The van der Waals surface area contributed by atoms with E-state index in [9.17, 15) is 26.3 Å². The molecule has 16 heteroatoms. The van der Waals surface area contributed by atoms with Crippen molar-refractivity contribution in [1.29, 1.82) is 0 Å². The monoisotopic (exact) mass is 688 g/mol. The number of benzene rings is 2. The Labute approximate surface area is 279 Å². The molecular formula is C33H38F6N10. The molecule has 0 radical (unpaired) electrons. The number of hydrogen-bond donors (Lipinski definition) is 4. The molecule has 5 atom stereocenters. The van der Waals surface area contributed by atoms with Gasteiger partial charge in [-0.2, -0.15) is 43.1 Å². The molecular weight excluding hydrogens is 650 g/mol. The highest BCUT2D eigenvalue weighted by Crippen LogP contribution is 2.33. The third kappa shape index (κ3) is 9.66. The van der Waals surface area contributed by atoms with Crippen molar-refractivity contribution in [3.63, 3.8) is 0 Å². The Morgan fingerprint density at radius 3 is 1.63 bits per heavy atom. The van der Waals surface area contributed by atoms with Gasteiger partial charge in [0.25, 0.3) is 0 Å². The molecule has 2 aliphatic rings. The first-order valence-corrected chi connectivity index (χ1v) is 16.1. The summed E-state index contributed by atoms with van der Waals surface area (Å²) in [5.74, 6) is -1.84. The number of halogens is 6. The normalized spacial score (nSPS) is 21.1. The van der Waals surface area contributed by atoms with Gasteiger partial charge in [-0.05, 0) is 80.5 Å². The van der Waals surface area contributed by atoms with E-state index in [1.807, 2.05) is 12.1 Å². The van der Waals surface area contributed by atoms with Crippen LogP contribution in [0.15, 0.2) is 48.5 Å². The van der Waals surface area contributed by atoms with Crippen LogP contribution in [0.2, 0.25) is 0 Å². The first-order chi connectivity index (χ1) is 23.4. The van der Waals surface area contributed by atoms with Crippen LogP contribution in [-0.4, -0.2) is 42.0 Å². The summed E-state index contributed by atoms with van der Waals surface area (Å²) >= 11 is 0. The summed E-state index contributed by atoms with van der Waals surface area (Å²) in [4.78, 5) is 22.2. The second-order valence-electron chi connectivity index (χ2n) is 12.3. The summed E-state index contributed by atoms with van der Waals surface area (Å²) in [6.07, 6.45) is 0.597. The van der Waals surface area contributed by atoms with Crippen molar-refractivity contribution in [1.82, 2.24) is 29.9 Å². The van der Waals surface area contributed by atoms with E-state index in [4.69, 9.17) is 11.5 Å². The Hall–Kier alpha value is -4.76. The molecule has 0 amide bonds. The van der Waals surface area contributed by atoms with E-state index in [1.54, 1.807) is 24.3 Å². The number of nitrogen functional groups attached to an aromatic ring is 2. The summed E-state index contributed by atoms with van der Waals surface area (Å²) in [6, 6.07) is 13.3. The first-order valence-electron chi connectivity index (χ1n) is 16.1. The number of aromatic nitrogens is 6. The number of alkyl halides is 4. The van der Waals surface area contributed by atoms with E-state index in [0.717, 1.165) is 38.5 Å². The molecule has 4 aromatic rings. The first kappa shape index (κ1) is 35.5. The summed E-state index contributed by atoms with van der Waals surface area (Å²) in [5.41, 5.74) is 12.3. The summed E-state index contributed by atoms with van der Waals surface area (Å²) in [6.45, 7) is 1.36. The molecule has 2 saturated carbocycles. The average Bonchev–Trinajstić information content (AvgIpc) is 3.67. The molecule has 2 fully saturated rings. The zero-order valence-corrected chi connectivity index (χ0v) is 26.8. The molecule has 0 bridgehead atoms. The molecule has 10 nitrogen and oxygen atoms in total. The lowest BCUT2D eigenvalue weighted by molar-refractivity contribution is -0.144. The number of nitrogens with one attached hydrogen (secondary N) is 2. The Bertz CT molecular complexity index is 1710. The number of anilines is 4. The maximum absolute atomic E-state index is 13.9. The summed E-state index contributed by atoms with van der Waals surface area (Å²) < 4.78 is 79.5. The predicted molar refractivity (Wildman–Crippen MR) is 173 cm³/mol. The van der Waals surface area contributed by atoms with Crippen molar-refractivity contribution in [3.8, 4) is 0 Å². The summed E-state index contributed by atoms with van der Waals surface area (Å²) in [5, 5.41) is 6.15. The van der Waals surface area contributed by atoms with Gasteiger partial charge in [-0.3, -0.25) is 0 Å². The lowest BCUT2D eigenvalue weighted by Crippen LogP contribution is -2.28. The Morgan fingerprint density at radius 1 is 0.694 bits per heavy atom. The number of hydrogen-bond acceptors (Lipinski definition) is 10. The average molecular weight is 689 g/mol. The Kier molecular flexibility index (Phi) is 11.3. The molecule has 2 heterocycles. The summed E-state index contributed by atoms with van der Waals surface area (Å²) in [7, 11) is 0. The second-order valence-corrected chi connectivity index (χ2v) is 12.3. The third-order valence-corrected chi connectivity index (χ3v) is 8.76. The Balaban J connectivity index is 0.000000191. The minimum absolute atomic E-state index is 0.00403. The van der Waals surface area contributed by atoms with Crippen LogP contribution in [0.1, 0.15) is 74.4 Å². The zero-order chi connectivity index (χ0) is 35.1. The van der Waals surface area contributed by atoms with Gasteiger partial charge in [0, 0.05) is 12.1 Å². The van der Waals surface area contributed by atoms with Crippen molar-refractivity contribution in [2.24, 2.45) is 11.8 Å². The third-order valence-electron chi connectivity index (χ3n) is 8.76. The van der Waals surface area contributed by atoms with Crippen LogP contribution in [0.5, 0.6) is 0 Å². The van der Waals surface area contributed by atoms with Gasteiger partial charge in [-0.1, -0.05) is 49.2 Å². The molecule has 2 aliphatic carbocycles. The van der Waals surface area contributed by atoms with Crippen LogP contribution in [-0.2, 0) is 19.0 Å². The number of nitrogens with zero attached hydrogens (tertiary/aromatic N) is 6. The van der Waals surface area contributed by atoms with Crippen molar-refractivity contribution in [2.75, 3.05) is 22.1 Å². The SMILES string of the molecule is CC(F)c1nc(N)nc(NC2CCCC2Cc2ccccc2F)n1.Nc1nc(NC2CCCC2Cc2ccccc2F)nc(C(F)(F)F)n1. The molecule has 6 rings (SSSR count). The highest BCUT2D eigenvalue weighted by Gasteiger charge is 2.36. The molecule has 6 N–H and O–H groups in total. The largest absolute Gasteiger partial charge is 0.451 e.